The van der Waals surface area contributed by atoms with Crippen molar-refractivity contribution in [3.8, 4) is 0 Å². The number of nitrogens with one attached hydrogen (secondary N) is 1. The minimum atomic E-state index is -0.237. The smallest absolute Gasteiger partial charge is 0.320 e. The maximum absolute atomic E-state index is 11.6. The molecule has 0 radical (unpaired) electrons. The molecule has 0 atom stereocenters. The van der Waals surface area contributed by atoms with Crippen LogP contribution in [0.4, 0.5) is 5.13 Å². The van der Waals surface area contributed by atoms with Gasteiger partial charge in [0.2, 0.25) is 5.91 Å². The van der Waals surface area contributed by atoms with E-state index in [1.807, 2.05) is 24.1 Å². The fraction of sp³-hybridized carbons (Fsp3) is 0.615. The molecule has 1 amide bonds. The summed E-state index contributed by atoms with van der Waals surface area (Å²) in [7, 11) is 0. The van der Waals surface area contributed by atoms with Gasteiger partial charge in [-0.1, -0.05) is 0 Å². The van der Waals surface area contributed by atoms with Gasteiger partial charge >= 0.3 is 5.97 Å². The number of hydrogen-bond donors (Lipinski definition) is 1. The van der Waals surface area contributed by atoms with E-state index in [0.29, 0.717) is 18.3 Å². The molecule has 6 nitrogen and oxygen atoms in total. The van der Waals surface area contributed by atoms with Crippen LogP contribution in [0.3, 0.4) is 0 Å². The van der Waals surface area contributed by atoms with E-state index >= 15 is 0 Å². The van der Waals surface area contributed by atoms with E-state index in [9.17, 15) is 9.59 Å². The maximum Gasteiger partial charge on any atom is 0.320 e. The van der Waals surface area contributed by atoms with E-state index in [1.54, 1.807) is 6.92 Å². The second-order valence-electron chi connectivity index (χ2n) is 4.63. The highest BCUT2D eigenvalue weighted by Gasteiger charge is 2.16. The van der Waals surface area contributed by atoms with E-state index in [1.165, 1.54) is 18.3 Å². The third kappa shape index (κ3) is 5.66. The van der Waals surface area contributed by atoms with Crippen molar-refractivity contribution in [3.63, 3.8) is 0 Å². The highest BCUT2D eigenvalue weighted by Crippen LogP contribution is 2.17. The van der Waals surface area contributed by atoms with Gasteiger partial charge in [-0.2, -0.15) is 0 Å². The molecule has 1 aromatic heterocycles. The highest BCUT2D eigenvalue weighted by atomic mass is 32.1. The van der Waals surface area contributed by atoms with E-state index in [-0.39, 0.29) is 24.5 Å². The quantitative estimate of drug-likeness (QED) is 0.778. The molecule has 1 N–H and O–H groups in total. The Morgan fingerprint density at radius 3 is 2.75 bits per heavy atom. The predicted molar refractivity (Wildman–Crippen MR) is 78.6 cm³/mol. The van der Waals surface area contributed by atoms with Gasteiger partial charge < -0.3 is 10.1 Å². The standard InChI is InChI=1S/C13H21N3O3S/c1-5-19-12(18)7-16(9(2)3)6-11-8-20-13(15-11)14-10(4)17/h8-9H,5-7H2,1-4H3,(H,14,15,17). The summed E-state index contributed by atoms with van der Waals surface area (Å²) < 4.78 is 4.96. The molecule has 0 spiro atoms. The Morgan fingerprint density at radius 2 is 2.20 bits per heavy atom. The van der Waals surface area contributed by atoms with Crippen LogP contribution >= 0.6 is 11.3 Å². The Bertz CT molecular complexity index is 459. The third-order valence-electron chi connectivity index (χ3n) is 2.57. The largest absolute Gasteiger partial charge is 0.465 e. The first-order chi connectivity index (χ1) is 9.42. The van der Waals surface area contributed by atoms with Gasteiger partial charge in [0, 0.05) is 24.9 Å². The number of ether oxygens (including phenoxy) is 1. The normalized spacial score (nSPS) is 10.9. The number of thiazole rings is 1. The molecule has 20 heavy (non-hydrogen) atoms. The van der Waals surface area contributed by atoms with Crippen LogP contribution in [-0.4, -0.2) is 41.0 Å². The maximum atomic E-state index is 11.6. The summed E-state index contributed by atoms with van der Waals surface area (Å²) in [5.41, 5.74) is 0.830. The fourth-order valence-corrected chi connectivity index (χ4v) is 2.34. The van der Waals surface area contributed by atoms with Gasteiger partial charge in [0.25, 0.3) is 0 Å². The Kier molecular flexibility index (Phi) is 6.60. The van der Waals surface area contributed by atoms with Crippen molar-refractivity contribution in [3.05, 3.63) is 11.1 Å². The lowest BCUT2D eigenvalue weighted by Gasteiger charge is -2.24. The molecule has 0 fully saturated rings. The second-order valence-corrected chi connectivity index (χ2v) is 5.49. The highest BCUT2D eigenvalue weighted by molar-refractivity contribution is 7.13. The summed E-state index contributed by atoms with van der Waals surface area (Å²) in [4.78, 5) is 28.8. The molecule has 0 saturated heterocycles. The first-order valence-electron chi connectivity index (χ1n) is 6.54. The molecule has 0 aromatic carbocycles. The van der Waals surface area contributed by atoms with Crippen LogP contribution in [0.2, 0.25) is 0 Å². The minimum absolute atomic E-state index is 0.141. The summed E-state index contributed by atoms with van der Waals surface area (Å²) in [6.45, 7) is 8.43. The first kappa shape index (κ1) is 16.6. The molecule has 0 saturated carbocycles. The van der Waals surface area contributed by atoms with Crippen LogP contribution in [0.15, 0.2) is 5.38 Å². The van der Waals surface area contributed by atoms with Gasteiger partial charge in [-0.05, 0) is 20.8 Å². The van der Waals surface area contributed by atoms with E-state index in [4.69, 9.17) is 4.74 Å². The van der Waals surface area contributed by atoms with Gasteiger partial charge in [0.1, 0.15) is 0 Å². The van der Waals surface area contributed by atoms with Crippen LogP contribution in [-0.2, 0) is 20.9 Å². The first-order valence-corrected chi connectivity index (χ1v) is 7.42. The zero-order valence-electron chi connectivity index (χ0n) is 12.3. The van der Waals surface area contributed by atoms with Gasteiger partial charge in [-0.3, -0.25) is 14.5 Å². The summed E-state index contributed by atoms with van der Waals surface area (Å²) >= 11 is 1.37. The zero-order valence-corrected chi connectivity index (χ0v) is 13.1. The molecule has 1 rings (SSSR count). The average molecular weight is 299 g/mol. The Balaban J connectivity index is 2.63. The fourth-order valence-electron chi connectivity index (χ4n) is 1.59. The van der Waals surface area contributed by atoms with Crippen molar-refractivity contribution < 1.29 is 14.3 Å². The SMILES string of the molecule is CCOC(=O)CN(Cc1csc(NC(C)=O)n1)C(C)C. The average Bonchev–Trinajstić information content (AvgIpc) is 2.75. The number of aromatic nitrogens is 1. The molecule has 7 heteroatoms. The summed E-state index contributed by atoms with van der Waals surface area (Å²) in [6, 6.07) is 0.199. The topological polar surface area (TPSA) is 71.5 Å². The van der Waals surface area contributed by atoms with E-state index < -0.39 is 0 Å². The van der Waals surface area contributed by atoms with Crippen LogP contribution in [0.25, 0.3) is 0 Å². The van der Waals surface area contributed by atoms with Crippen molar-refractivity contribution in [2.45, 2.75) is 40.3 Å². The number of rotatable bonds is 7. The number of anilines is 1. The molecule has 0 bridgehead atoms. The molecule has 0 aliphatic heterocycles. The van der Waals surface area contributed by atoms with Crippen molar-refractivity contribution in [2.24, 2.45) is 0 Å². The van der Waals surface area contributed by atoms with Crippen molar-refractivity contribution in [1.29, 1.82) is 0 Å². The second kappa shape index (κ2) is 7.96. The monoisotopic (exact) mass is 299 g/mol. The number of hydrogen-bond acceptors (Lipinski definition) is 6. The molecule has 0 aliphatic rings. The Hall–Kier alpha value is -1.47. The molecule has 0 unspecified atom stereocenters. The lowest BCUT2D eigenvalue weighted by molar-refractivity contribution is -0.145. The molecular weight excluding hydrogens is 278 g/mol. The molecule has 112 valence electrons. The van der Waals surface area contributed by atoms with Gasteiger partial charge in [0.05, 0.1) is 18.8 Å². The molecular formula is C13H21N3O3S. The number of amides is 1. The lowest BCUT2D eigenvalue weighted by Crippen LogP contribution is -2.36. The molecule has 1 heterocycles. The van der Waals surface area contributed by atoms with Crippen LogP contribution < -0.4 is 5.32 Å². The lowest BCUT2D eigenvalue weighted by atomic mass is 10.3. The Morgan fingerprint density at radius 1 is 1.50 bits per heavy atom. The summed E-state index contributed by atoms with van der Waals surface area (Å²) in [6.07, 6.45) is 0. The Labute approximate surface area is 123 Å². The van der Waals surface area contributed by atoms with Crippen LogP contribution in [0, 0.1) is 0 Å². The summed E-state index contributed by atoms with van der Waals surface area (Å²) in [5.74, 6) is -0.378. The van der Waals surface area contributed by atoms with Crippen LogP contribution in [0.1, 0.15) is 33.4 Å². The number of carbonyl (C=O) groups is 2. The van der Waals surface area contributed by atoms with E-state index in [2.05, 4.69) is 10.3 Å². The molecule has 0 aliphatic carbocycles. The van der Waals surface area contributed by atoms with Crippen molar-refractivity contribution >= 4 is 28.3 Å². The number of carbonyl (C=O) groups excluding carboxylic acids is 2. The van der Waals surface area contributed by atoms with Crippen LogP contribution in [0.5, 0.6) is 0 Å². The van der Waals surface area contributed by atoms with Gasteiger partial charge in [0.15, 0.2) is 5.13 Å². The third-order valence-corrected chi connectivity index (χ3v) is 3.37. The van der Waals surface area contributed by atoms with Crippen molar-refractivity contribution in [1.82, 2.24) is 9.88 Å². The van der Waals surface area contributed by atoms with Crippen molar-refractivity contribution in [2.75, 3.05) is 18.5 Å². The number of esters is 1. The zero-order chi connectivity index (χ0) is 15.1. The van der Waals surface area contributed by atoms with E-state index in [0.717, 1.165) is 5.69 Å². The minimum Gasteiger partial charge on any atom is -0.465 e. The van der Waals surface area contributed by atoms with Gasteiger partial charge in [-0.25, -0.2) is 4.98 Å². The number of nitrogens with zero attached hydrogens (tertiary/aromatic N) is 2. The predicted octanol–water partition coefficient (Wildman–Crippen LogP) is 1.87. The summed E-state index contributed by atoms with van der Waals surface area (Å²) in [5, 5.41) is 5.10. The molecule has 1 aromatic rings. The van der Waals surface area contributed by atoms with Gasteiger partial charge in [-0.15, -0.1) is 11.3 Å².